The number of hydrogen-bond donors (Lipinski definition) is 2. The van der Waals surface area contributed by atoms with Gasteiger partial charge in [-0.2, -0.15) is 0 Å². The standard InChI is InChI=1S/C24H26FNO5/c1-14-13-26-23(31-14)20(11-22(27)28)17-8-16(9-18(25)10-17)19-7-15(12-24(2,3)29)5-6-21(19)30-4/h5-10,13,20,29H,11-12H2,1-4H3,(H,27,28). The summed E-state index contributed by atoms with van der Waals surface area (Å²) in [6, 6.07) is 9.85. The molecule has 1 unspecified atom stereocenters. The van der Waals surface area contributed by atoms with E-state index in [4.69, 9.17) is 9.15 Å². The average Bonchev–Trinajstić information content (AvgIpc) is 3.10. The summed E-state index contributed by atoms with van der Waals surface area (Å²) in [5, 5.41) is 19.6. The number of nitrogens with zero attached hydrogens (tertiary/aromatic N) is 1. The van der Waals surface area contributed by atoms with E-state index in [1.165, 1.54) is 25.4 Å². The third-order valence-corrected chi connectivity index (χ3v) is 4.85. The van der Waals surface area contributed by atoms with Gasteiger partial charge in [0.1, 0.15) is 17.3 Å². The van der Waals surface area contributed by atoms with Crippen LogP contribution in [0.1, 0.15) is 49.0 Å². The normalized spacial score (nSPS) is 12.6. The summed E-state index contributed by atoms with van der Waals surface area (Å²) in [7, 11) is 1.53. The van der Waals surface area contributed by atoms with Crippen LogP contribution >= 0.6 is 0 Å². The molecule has 3 rings (SSSR count). The molecule has 0 amide bonds. The number of oxazole rings is 1. The molecule has 3 aromatic rings. The average molecular weight is 427 g/mol. The van der Waals surface area contributed by atoms with E-state index >= 15 is 0 Å². The molecular formula is C24H26FNO5. The van der Waals surface area contributed by atoms with Crippen molar-refractivity contribution in [1.82, 2.24) is 4.98 Å². The van der Waals surface area contributed by atoms with E-state index in [9.17, 15) is 19.4 Å². The molecule has 1 aromatic heterocycles. The zero-order valence-corrected chi connectivity index (χ0v) is 18.0. The second kappa shape index (κ2) is 8.89. The van der Waals surface area contributed by atoms with E-state index < -0.39 is 23.3 Å². The molecule has 0 bridgehead atoms. The van der Waals surface area contributed by atoms with Crippen molar-refractivity contribution in [2.45, 2.75) is 45.1 Å². The predicted octanol–water partition coefficient (Wildman–Crippen LogP) is 4.72. The minimum absolute atomic E-state index is 0.221. The number of aryl methyl sites for hydroxylation is 1. The van der Waals surface area contributed by atoms with Crippen LogP contribution < -0.4 is 4.74 Å². The Hall–Kier alpha value is -3.19. The summed E-state index contributed by atoms with van der Waals surface area (Å²) >= 11 is 0. The van der Waals surface area contributed by atoms with E-state index in [2.05, 4.69) is 4.98 Å². The molecule has 164 valence electrons. The molecule has 0 radical (unpaired) electrons. The third-order valence-electron chi connectivity index (χ3n) is 4.85. The summed E-state index contributed by atoms with van der Waals surface area (Å²) in [6.07, 6.45) is 1.62. The SMILES string of the molecule is COc1ccc(CC(C)(C)O)cc1-c1cc(F)cc(C(CC(=O)O)c2ncc(C)o2)c1. The van der Waals surface area contributed by atoms with Crippen LogP contribution in [-0.4, -0.2) is 33.9 Å². The molecule has 0 saturated carbocycles. The van der Waals surface area contributed by atoms with Crippen molar-refractivity contribution in [3.63, 3.8) is 0 Å². The number of aromatic nitrogens is 1. The molecule has 0 fully saturated rings. The molecule has 0 aliphatic heterocycles. The van der Waals surface area contributed by atoms with E-state index in [0.717, 1.165) is 5.56 Å². The highest BCUT2D eigenvalue weighted by Crippen LogP contribution is 2.36. The fraction of sp³-hybridized carbons (Fsp3) is 0.333. The number of rotatable bonds is 8. The van der Waals surface area contributed by atoms with Crippen molar-refractivity contribution in [3.05, 3.63) is 71.2 Å². The predicted molar refractivity (Wildman–Crippen MR) is 114 cm³/mol. The smallest absolute Gasteiger partial charge is 0.304 e. The number of ether oxygens (including phenoxy) is 1. The molecule has 2 aromatic carbocycles. The molecule has 0 aliphatic rings. The van der Waals surface area contributed by atoms with Crippen LogP contribution in [0.4, 0.5) is 4.39 Å². The number of aliphatic carboxylic acids is 1. The second-order valence-corrected chi connectivity index (χ2v) is 8.26. The summed E-state index contributed by atoms with van der Waals surface area (Å²) in [5.41, 5.74) is 1.56. The molecule has 0 spiro atoms. The lowest BCUT2D eigenvalue weighted by atomic mass is 9.90. The van der Waals surface area contributed by atoms with Crippen molar-refractivity contribution >= 4 is 5.97 Å². The zero-order valence-electron chi connectivity index (χ0n) is 18.0. The first-order valence-corrected chi connectivity index (χ1v) is 9.90. The lowest BCUT2D eigenvalue weighted by molar-refractivity contribution is -0.137. The van der Waals surface area contributed by atoms with Gasteiger partial charge in [0, 0.05) is 12.0 Å². The summed E-state index contributed by atoms with van der Waals surface area (Å²) < 4.78 is 25.7. The number of halogens is 1. The topological polar surface area (TPSA) is 92.8 Å². The molecule has 0 aliphatic carbocycles. The van der Waals surface area contributed by atoms with Crippen LogP contribution in [0, 0.1) is 12.7 Å². The highest BCUT2D eigenvalue weighted by Gasteiger charge is 2.24. The summed E-state index contributed by atoms with van der Waals surface area (Å²) in [6.45, 7) is 5.14. The van der Waals surface area contributed by atoms with Crippen molar-refractivity contribution < 1.29 is 28.6 Å². The van der Waals surface area contributed by atoms with Gasteiger partial charge in [0.05, 0.1) is 31.2 Å². The lowest BCUT2D eigenvalue weighted by Crippen LogP contribution is -2.21. The van der Waals surface area contributed by atoms with Crippen molar-refractivity contribution in [2.24, 2.45) is 0 Å². The maximum Gasteiger partial charge on any atom is 0.304 e. The number of methoxy groups -OCH3 is 1. The first-order chi connectivity index (χ1) is 14.6. The second-order valence-electron chi connectivity index (χ2n) is 8.26. The van der Waals surface area contributed by atoms with Gasteiger partial charge < -0.3 is 19.4 Å². The number of hydrogen-bond acceptors (Lipinski definition) is 5. The lowest BCUT2D eigenvalue weighted by Gasteiger charge is -2.19. The highest BCUT2D eigenvalue weighted by molar-refractivity contribution is 5.73. The first-order valence-electron chi connectivity index (χ1n) is 9.90. The molecule has 31 heavy (non-hydrogen) atoms. The van der Waals surface area contributed by atoms with E-state index in [0.29, 0.717) is 34.6 Å². The van der Waals surface area contributed by atoms with Crippen molar-refractivity contribution in [2.75, 3.05) is 7.11 Å². The van der Waals surface area contributed by atoms with Gasteiger partial charge in [-0.3, -0.25) is 4.79 Å². The number of aliphatic hydroxyl groups is 1. The van der Waals surface area contributed by atoms with Crippen molar-refractivity contribution in [3.8, 4) is 16.9 Å². The maximum absolute atomic E-state index is 14.7. The van der Waals surface area contributed by atoms with Crippen molar-refractivity contribution in [1.29, 1.82) is 0 Å². The van der Waals surface area contributed by atoms with Crippen LogP contribution in [0.2, 0.25) is 0 Å². The van der Waals surface area contributed by atoms with Gasteiger partial charge in [-0.25, -0.2) is 9.37 Å². The Morgan fingerprint density at radius 2 is 2.00 bits per heavy atom. The van der Waals surface area contributed by atoms with E-state index in [1.54, 1.807) is 32.9 Å². The number of carboxylic acid groups (broad SMARTS) is 1. The Morgan fingerprint density at radius 1 is 1.26 bits per heavy atom. The molecule has 6 nitrogen and oxygen atoms in total. The van der Waals surface area contributed by atoms with Crippen LogP contribution in [0.15, 0.2) is 47.0 Å². The highest BCUT2D eigenvalue weighted by atomic mass is 19.1. The van der Waals surface area contributed by atoms with Gasteiger partial charge >= 0.3 is 5.97 Å². The van der Waals surface area contributed by atoms with Gasteiger partial charge in [-0.15, -0.1) is 0 Å². The molecule has 2 N–H and O–H groups in total. The minimum atomic E-state index is -1.04. The summed E-state index contributed by atoms with van der Waals surface area (Å²) in [5.74, 6) is -0.997. The van der Waals surface area contributed by atoms with Gasteiger partial charge in [-0.1, -0.05) is 6.07 Å². The van der Waals surface area contributed by atoms with Gasteiger partial charge in [0.2, 0.25) is 5.89 Å². The molecule has 1 atom stereocenters. The fourth-order valence-corrected chi connectivity index (χ4v) is 3.61. The van der Waals surface area contributed by atoms with Gasteiger partial charge in [-0.05, 0) is 67.8 Å². The minimum Gasteiger partial charge on any atom is -0.496 e. The van der Waals surface area contributed by atoms with Crippen LogP contribution in [0.5, 0.6) is 5.75 Å². The number of carbonyl (C=O) groups is 1. The Kier molecular flexibility index (Phi) is 6.45. The number of carboxylic acids is 1. The van der Waals surface area contributed by atoms with Gasteiger partial charge in [0.15, 0.2) is 0 Å². The fourth-order valence-electron chi connectivity index (χ4n) is 3.61. The molecule has 1 heterocycles. The van der Waals surface area contributed by atoms with Crippen LogP contribution in [0.3, 0.4) is 0 Å². The molecular weight excluding hydrogens is 401 g/mol. The largest absolute Gasteiger partial charge is 0.496 e. The van der Waals surface area contributed by atoms with Crippen LogP contribution in [0.25, 0.3) is 11.1 Å². The van der Waals surface area contributed by atoms with E-state index in [-0.39, 0.29) is 12.3 Å². The first kappa shape index (κ1) is 22.5. The third kappa shape index (κ3) is 5.70. The van der Waals surface area contributed by atoms with Crippen LogP contribution in [-0.2, 0) is 11.2 Å². The quantitative estimate of drug-likeness (QED) is 0.540. The Labute approximate surface area is 180 Å². The zero-order chi connectivity index (χ0) is 22.8. The van der Waals surface area contributed by atoms with Gasteiger partial charge in [0.25, 0.3) is 0 Å². The molecule has 0 saturated heterocycles. The monoisotopic (exact) mass is 427 g/mol. The Bertz CT molecular complexity index is 1080. The Morgan fingerprint density at radius 3 is 2.58 bits per heavy atom. The Balaban J connectivity index is 2.11. The maximum atomic E-state index is 14.7. The molecule has 7 heteroatoms. The number of benzene rings is 2. The summed E-state index contributed by atoms with van der Waals surface area (Å²) in [4.78, 5) is 15.6. The van der Waals surface area contributed by atoms with E-state index in [1.807, 2.05) is 12.1 Å².